The number of nitrogens with two attached hydrogens (primary N) is 1. The minimum atomic E-state index is -0.744. The van der Waals surface area contributed by atoms with E-state index >= 15 is 0 Å². The van der Waals surface area contributed by atoms with Crippen LogP contribution in [0.4, 0.5) is 5.13 Å². The summed E-state index contributed by atoms with van der Waals surface area (Å²) in [7, 11) is 0. The van der Waals surface area contributed by atoms with E-state index in [4.69, 9.17) is 15.7 Å². The molecular formula is C14H15N5O5S2. The Morgan fingerprint density at radius 2 is 2.35 bits per heavy atom. The fourth-order valence-corrected chi connectivity index (χ4v) is 4.24. The van der Waals surface area contributed by atoms with Crippen molar-refractivity contribution >= 4 is 51.7 Å². The zero-order valence-electron chi connectivity index (χ0n) is 13.5. The maximum atomic E-state index is 12.3. The van der Waals surface area contributed by atoms with E-state index in [0.717, 1.165) is 16.9 Å². The van der Waals surface area contributed by atoms with Gasteiger partial charge in [0, 0.05) is 24.3 Å². The van der Waals surface area contributed by atoms with Crippen LogP contribution in [0.1, 0.15) is 12.6 Å². The summed E-state index contributed by atoms with van der Waals surface area (Å²) in [5.74, 6) is -0.842. The minimum absolute atomic E-state index is 0.127. The van der Waals surface area contributed by atoms with E-state index < -0.39 is 17.9 Å². The molecule has 1 fully saturated rings. The highest BCUT2D eigenvalue weighted by Crippen LogP contribution is 2.36. The first-order valence-corrected chi connectivity index (χ1v) is 9.34. The van der Waals surface area contributed by atoms with Crippen LogP contribution in [0.2, 0.25) is 0 Å². The number of nitrogens with zero attached hydrogens (tertiary/aromatic N) is 3. The average Bonchev–Trinajstić information content (AvgIpc) is 3.04. The molecule has 0 bridgehead atoms. The average molecular weight is 397 g/mol. The summed E-state index contributed by atoms with van der Waals surface area (Å²) in [4.78, 5) is 40.8. The summed E-state index contributed by atoms with van der Waals surface area (Å²) in [6.07, 6.45) is 1.64. The van der Waals surface area contributed by atoms with Crippen molar-refractivity contribution in [3.8, 4) is 0 Å². The van der Waals surface area contributed by atoms with Gasteiger partial charge in [0.15, 0.2) is 10.8 Å². The van der Waals surface area contributed by atoms with Gasteiger partial charge in [-0.05, 0) is 5.57 Å². The molecule has 0 aliphatic carbocycles. The van der Waals surface area contributed by atoms with Gasteiger partial charge in [-0.1, -0.05) is 5.16 Å². The molecule has 0 aromatic carbocycles. The summed E-state index contributed by atoms with van der Waals surface area (Å²) in [5, 5.41) is 16.1. The van der Waals surface area contributed by atoms with Gasteiger partial charge in [-0.15, -0.1) is 23.1 Å². The molecule has 4 N–H and O–H groups in total. The van der Waals surface area contributed by atoms with Gasteiger partial charge in [-0.3, -0.25) is 14.4 Å². The van der Waals surface area contributed by atoms with Crippen LogP contribution in [-0.2, 0) is 19.1 Å². The smallest absolute Gasteiger partial charge is 0.302 e. The quantitative estimate of drug-likeness (QED) is 0.203. The molecule has 3 rings (SSSR count). The number of β-lactam (4-membered cyclic amide) rings is 1. The highest BCUT2D eigenvalue weighted by Gasteiger charge is 2.49. The van der Waals surface area contributed by atoms with Crippen LogP contribution in [-0.4, -0.2) is 62.4 Å². The number of aromatic nitrogens is 1. The lowest BCUT2D eigenvalue weighted by Gasteiger charge is -2.47. The van der Waals surface area contributed by atoms with Crippen LogP contribution in [0.5, 0.6) is 0 Å². The van der Waals surface area contributed by atoms with Crippen molar-refractivity contribution < 1.29 is 24.3 Å². The number of carbonyl (C=O) groups is 3. The number of oxime groups is 1. The first-order chi connectivity index (χ1) is 12.4. The third-order valence-electron chi connectivity index (χ3n) is 3.67. The van der Waals surface area contributed by atoms with Gasteiger partial charge in [-0.25, -0.2) is 4.98 Å². The molecule has 2 aliphatic heterocycles. The number of anilines is 1. The molecule has 10 nitrogen and oxygen atoms in total. The summed E-state index contributed by atoms with van der Waals surface area (Å²) in [5.41, 5.74) is 6.14. The van der Waals surface area contributed by atoms with Crippen LogP contribution < -0.4 is 11.1 Å². The van der Waals surface area contributed by atoms with Crippen LogP contribution in [0.25, 0.3) is 0 Å². The Bertz CT molecular complexity index is 820. The Kier molecular flexibility index (Phi) is 5.13. The number of amides is 2. The Labute approximate surface area is 156 Å². The fourth-order valence-electron chi connectivity index (χ4n) is 2.45. The number of hydrogen-bond acceptors (Lipinski definition) is 10. The summed E-state index contributed by atoms with van der Waals surface area (Å²) < 4.78 is 4.92. The van der Waals surface area contributed by atoms with Gasteiger partial charge < -0.3 is 25.9 Å². The van der Waals surface area contributed by atoms with Gasteiger partial charge in [0.2, 0.25) is 0 Å². The highest BCUT2D eigenvalue weighted by atomic mass is 32.2. The molecular weight excluding hydrogens is 382 g/mol. The number of hydrogen-bond donors (Lipinski definition) is 3. The van der Waals surface area contributed by atoms with Crippen molar-refractivity contribution in [2.45, 2.75) is 18.3 Å². The van der Waals surface area contributed by atoms with Crippen molar-refractivity contribution in [3.05, 3.63) is 22.8 Å². The van der Waals surface area contributed by atoms with E-state index in [9.17, 15) is 14.4 Å². The first kappa shape index (κ1) is 18.2. The minimum Gasteiger partial charge on any atom is -0.461 e. The molecule has 2 amide bonds. The second-order valence-electron chi connectivity index (χ2n) is 5.49. The molecule has 0 radical (unpaired) electrons. The SMILES string of the molecule is CC(=O)OCC1=CN2C(=O)C(NC(=O)C(=NO)c3csc(N)n3)[C@H]2SC1. The van der Waals surface area contributed by atoms with E-state index in [1.807, 2.05) is 0 Å². The molecule has 2 aliphatic rings. The fraction of sp³-hybridized carbons (Fsp3) is 0.357. The van der Waals surface area contributed by atoms with E-state index in [-0.39, 0.29) is 34.4 Å². The topological polar surface area (TPSA) is 147 Å². The summed E-state index contributed by atoms with van der Waals surface area (Å²) in [6, 6.07) is -0.744. The lowest BCUT2D eigenvalue weighted by atomic mass is 10.1. The Morgan fingerprint density at radius 3 is 2.96 bits per heavy atom. The molecule has 1 unspecified atom stereocenters. The predicted octanol–water partition coefficient (Wildman–Crippen LogP) is -0.249. The van der Waals surface area contributed by atoms with Crippen molar-refractivity contribution in [2.75, 3.05) is 18.1 Å². The second-order valence-corrected chi connectivity index (χ2v) is 7.48. The lowest BCUT2D eigenvalue weighted by Crippen LogP contribution is -2.69. The Morgan fingerprint density at radius 1 is 1.58 bits per heavy atom. The predicted molar refractivity (Wildman–Crippen MR) is 94.6 cm³/mol. The number of thiazole rings is 1. The number of thioether (sulfide) groups is 1. The van der Waals surface area contributed by atoms with Crippen molar-refractivity contribution in [1.29, 1.82) is 0 Å². The van der Waals surface area contributed by atoms with Crippen molar-refractivity contribution in [1.82, 2.24) is 15.2 Å². The number of fused-ring (bicyclic) bond motifs is 1. The highest BCUT2D eigenvalue weighted by molar-refractivity contribution is 8.00. The second kappa shape index (κ2) is 7.33. The monoisotopic (exact) mass is 397 g/mol. The van der Waals surface area contributed by atoms with Gasteiger partial charge in [-0.2, -0.15) is 0 Å². The standard InChI is InChI=1S/C14H15N5O5S2/c1-6(20)24-3-7-2-19-12(22)10(13(19)25-4-7)17-11(21)9(18-23)8-5-26-14(15)16-8/h2,5,10,13,23H,3-4H2,1H3,(H2,15,16)(H,17,21)/t10?,13-/m1/s1. The number of nitrogen functional groups attached to an aromatic ring is 1. The van der Waals surface area contributed by atoms with Crippen molar-refractivity contribution in [2.24, 2.45) is 5.16 Å². The number of carbonyl (C=O) groups excluding carboxylic acids is 3. The molecule has 2 atom stereocenters. The van der Waals surface area contributed by atoms with Gasteiger partial charge in [0.1, 0.15) is 23.7 Å². The molecule has 1 aromatic heterocycles. The molecule has 138 valence electrons. The maximum absolute atomic E-state index is 12.3. The zero-order chi connectivity index (χ0) is 18.8. The van der Waals surface area contributed by atoms with E-state index in [2.05, 4.69) is 15.5 Å². The van der Waals surface area contributed by atoms with Gasteiger partial charge >= 0.3 is 5.97 Å². The number of rotatable bonds is 5. The lowest BCUT2D eigenvalue weighted by molar-refractivity contribution is -0.144. The molecule has 1 aromatic rings. The van der Waals surface area contributed by atoms with E-state index in [0.29, 0.717) is 5.75 Å². The largest absolute Gasteiger partial charge is 0.461 e. The number of ether oxygens (including phenoxy) is 1. The van der Waals surface area contributed by atoms with Gasteiger partial charge in [0.05, 0.1) is 0 Å². The normalized spacial score (nSPS) is 22.2. The molecule has 0 saturated carbocycles. The maximum Gasteiger partial charge on any atom is 0.302 e. The third-order valence-corrected chi connectivity index (χ3v) is 5.72. The van der Waals surface area contributed by atoms with E-state index in [1.165, 1.54) is 29.0 Å². The van der Waals surface area contributed by atoms with E-state index in [1.54, 1.807) is 6.20 Å². The van der Waals surface area contributed by atoms with Crippen LogP contribution in [0.15, 0.2) is 22.3 Å². The molecule has 0 spiro atoms. The van der Waals surface area contributed by atoms with Crippen LogP contribution in [0, 0.1) is 0 Å². The summed E-state index contributed by atoms with van der Waals surface area (Å²) >= 11 is 2.54. The number of nitrogens with one attached hydrogen (secondary N) is 1. The third kappa shape index (κ3) is 3.51. The molecule has 12 heteroatoms. The van der Waals surface area contributed by atoms with Crippen molar-refractivity contribution in [3.63, 3.8) is 0 Å². The Balaban J connectivity index is 1.63. The zero-order valence-corrected chi connectivity index (χ0v) is 15.2. The Hall–Kier alpha value is -2.60. The molecule has 3 heterocycles. The van der Waals surface area contributed by atoms with Gasteiger partial charge in [0.25, 0.3) is 11.8 Å². The van der Waals surface area contributed by atoms with Crippen LogP contribution >= 0.6 is 23.1 Å². The molecule has 1 saturated heterocycles. The summed E-state index contributed by atoms with van der Waals surface area (Å²) in [6.45, 7) is 1.44. The van der Waals surface area contributed by atoms with Crippen LogP contribution in [0.3, 0.4) is 0 Å². The number of esters is 1. The molecule has 26 heavy (non-hydrogen) atoms. The first-order valence-electron chi connectivity index (χ1n) is 7.41.